The van der Waals surface area contributed by atoms with Gasteiger partial charge in [0.1, 0.15) is 0 Å². The molecule has 106 valence electrons. The van der Waals surface area contributed by atoms with Crippen LogP contribution in [0.3, 0.4) is 0 Å². The van der Waals surface area contributed by atoms with Crippen LogP contribution in [0.15, 0.2) is 23.4 Å². The fourth-order valence-electron chi connectivity index (χ4n) is 2.72. The zero-order chi connectivity index (χ0) is 13.9. The largest absolute Gasteiger partial charge is 0.296 e. The molecule has 2 nitrogen and oxygen atoms in total. The molecular formula is C16H26N2S. The molecule has 0 aromatic carbocycles. The molecule has 1 fully saturated rings. The average Bonchev–Trinajstić information content (AvgIpc) is 2.77. The van der Waals surface area contributed by atoms with Gasteiger partial charge in [0.25, 0.3) is 0 Å². The van der Waals surface area contributed by atoms with E-state index in [1.807, 2.05) is 11.8 Å². The van der Waals surface area contributed by atoms with Crippen LogP contribution in [0.25, 0.3) is 0 Å². The van der Waals surface area contributed by atoms with E-state index in [0.717, 1.165) is 5.03 Å². The second kappa shape index (κ2) is 6.27. The normalized spacial score (nSPS) is 20.9. The van der Waals surface area contributed by atoms with Gasteiger partial charge in [0, 0.05) is 17.0 Å². The van der Waals surface area contributed by atoms with E-state index in [-0.39, 0.29) is 4.75 Å². The van der Waals surface area contributed by atoms with Crippen molar-refractivity contribution in [2.45, 2.75) is 62.8 Å². The summed E-state index contributed by atoms with van der Waals surface area (Å²) >= 11 is 1.84. The first-order chi connectivity index (χ1) is 8.99. The van der Waals surface area contributed by atoms with Crippen LogP contribution < -0.4 is 0 Å². The topological polar surface area (TPSA) is 16.1 Å². The van der Waals surface area contributed by atoms with Crippen molar-refractivity contribution in [3.05, 3.63) is 23.9 Å². The van der Waals surface area contributed by atoms with Crippen LogP contribution in [0.4, 0.5) is 0 Å². The summed E-state index contributed by atoms with van der Waals surface area (Å²) in [7, 11) is 0. The van der Waals surface area contributed by atoms with Crippen LogP contribution in [0.5, 0.6) is 0 Å². The zero-order valence-electron chi connectivity index (χ0n) is 12.6. The molecular weight excluding hydrogens is 252 g/mol. The molecule has 1 saturated heterocycles. The molecule has 0 radical (unpaired) electrons. The Morgan fingerprint density at radius 2 is 2.16 bits per heavy atom. The maximum atomic E-state index is 4.64. The Hall–Kier alpha value is -0.540. The van der Waals surface area contributed by atoms with E-state index in [0.29, 0.717) is 6.04 Å². The van der Waals surface area contributed by atoms with Crippen LogP contribution in [-0.4, -0.2) is 27.7 Å². The van der Waals surface area contributed by atoms with E-state index in [9.17, 15) is 0 Å². The minimum absolute atomic E-state index is 0.232. The van der Waals surface area contributed by atoms with Crippen molar-refractivity contribution in [1.82, 2.24) is 9.88 Å². The predicted molar refractivity (Wildman–Crippen MR) is 83.7 cm³/mol. The fraction of sp³-hybridized carbons (Fsp3) is 0.688. The van der Waals surface area contributed by atoms with E-state index >= 15 is 0 Å². The maximum Gasteiger partial charge on any atom is 0.0965 e. The van der Waals surface area contributed by atoms with E-state index < -0.39 is 0 Å². The lowest BCUT2D eigenvalue weighted by Crippen LogP contribution is -2.24. The van der Waals surface area contributed by atoms with Gasteiger partial charge >= 0.3 is 0 Å². The molecule has 1 aliphatic rings. The zero-order valence-corrected chi connectivity index (χ0v) is 13.5. The lowest BCUT2D eigenvalue weighted by Gasteiger charge is -2.24. The number of hydrogen-bond donors (Lipinski definition) is 0. The molecule has 1 aliphatic heterocycles. The molecule has 3 heteroatoms. The van der Waals surface area contributed by atoms with Gasteiger partial charge < -0.3 is 0 Å². The summed E-state index contributed by atoms with van der Waals surface area (Å²) in [6.45, 7) is 11.4. The molecule has 19 heavy (non-hydrogen) atoms. The van der Waals surface area contributed by atoms with E-state index in [1.165, 1.54) is 37.9 Å². The standard InChI is InChI=1S/C16H26N2S/c1-5-10-18-11-6-7-14(18)13-8-9-15(17-12-13)19-16(2,3)4/h8-9,12,14H,5-7,10-11H2,1-4H3/t14-/m0/s1. The molecule has 0 N–H and O–H groups in total. The molecule has 1 aromatic rings. The number of rotatable bonds is 4. The van der Waals surface area contributed by atoms with Crippen LogP contribution in [0, 0.1) is 0 Å². The molecule has 2 heterocycles. The first kappa shape index (κ1) is 14.9. The summed E-state index contributed by atoms with van der Waals surface area (Å²) in [4.78, 5) is 7.24. The third-order valence-electron chi connectivity index (χ3n) is 3.43. The maximum absolute atomic E-state index is 4.64. The first-order valence-electron chi connectivity index (χ1n) is 7.38. The molecule has 0 spiro atoms. The van der Waals surface area contributed by atoms with Crippen molar-refractivity contribution in [2.75, 3.05) is 13.1 Å². The quantitative estimate of drug-likeness (QED) is 0.753. The minimum Gasteiger partial charge on any atom is -0.296 e. The summed E-state index contributed by atoms with van der Waals surface area (Å²) in [6.07, 6.45) is 5.94. The minimum atomic E-state index is 0.232. The van der Waals surface area contributed by atoms with E-state index in [1.54, 1.807) is 0 Å². The lowest BCUT2D eigenvalue weighted by molar-refractivity contribution is 0.257. The van der Waals surface area contributed by atoms with E-state index in [4.69, 9.17) is 0 Å². The third-order valence-corrected chi connectivity index (χ3v) is 4.49. The van der Waals surface area contributed by atoms with Crippen LogP contribution in [0.1, 0.15) is 58.6 Å². The van der Waals surface area contributed by atoms with Gasteiger partial charge in [-0.2, -0.15) is 0 Å². The van der Waals surface area contributed by atoms with Crippen LogP contribution >= 0.6 is 11.8 Å². The molecule has 1 aromatic heterocycles. The highest BCUT2D eigenvalue weighted by atomic mass is 32.2. The Morgan fingerprint density at radius 3 is 2.74 bits per heavy atom. The van der Waals surface area contributed by atoms with Crippen molar-refractivity contribution < 1.29 is 0 Å². The first-order valence-corrected chi connectivity index (χ1v) is 8.20. The summed E-state index contributed by atoms with van der Waals surface area (Å²) in [5.41, 5.74) is 1.39. The smallest absolute Gasteiger partial charge is 0.0965 e. The van der Waals surface area contributed by atoms with Crippen molar-refractivity contribution in [1.29, 1.82) is 0 Å². The van der Waals surface area contributed by atoms with Crippen molar-refractivity contribution >= 4 is 11.8 Å². The van der Waals surface area contributed by atoms with Gasteiger partial charge in [0.05, 0.1) is 5.03 Å². The fourth-order valence-corrected chi connectivity index (χ4v) is 3.59. The second-order valence-corrected chi connectivity index (χ2v) is 8.19. The van der Waals surface area contributed by atoms with Crippen molar-refractivity contribution in [3.63, 3.8) is 0 Å². The van der Waals surface area contributed by atoms with Gasteiger partial charge in [0.15, 0.2) is 0 Å². The number of nitrogens with zero attached hydrogens (tertiary/aromatic N) is 2. The Kier molecular flexibility index (Phi) is 4.91. The monoisotopic (exact) mass is 278 g/mol. The summed E-state index contributed by atoms with van der Waals surface area (Å²) < 4.78 is 0.232. The Labute approximate surface area is 122 Å². The summed E-state index contributed by atoms with van der Waals surface area (Å²) in [5.74, 6) is 0. The van der Waals surface area contributed by atoms with Gasteiger partial charge in [-0.1, -0.05) is 33.8 Å². The van der Waals surface area contributed by atoms with Gasteiger partial charge in [-0.15, -0.1) is 11.8 Å². The number of likely N-dealkylation sites (tertiary alicyclic amines) is 1. The van der Waals surface area contributed by atoms with Gasteiger partial charge in [0.2, 0.25) is 0 Å². The van der Waals surface area contributed by atoms with Crippen molar-refractivity contribution in [3.8, 4) is 0 Å². The van der Waals surface area contributed by atoms with Gasteiger partial charge in [-0.25, -0.2) is 4.98 Å². The van der Waals surface area contributed by atoms with Crippen LogP contribution in [-0.2, 0) is 0 Å². The number of hydrogen-bond acceptors (Lipinski definition) is 3. The summed E-state index contributed by atoms with van der Waals surface area (Å²) in [5, 5.41) is 1.14. The van der Waals surface area contributed by atoms with E-state index in [2.05, 4.69) is 55.9 Å². The number of aromatic nitrogens is 1. The Morgan fingerprint density at radius 1 is 1.37 bits per heavy atom. The average molecular weight is 278 g/mol. The SMILES string of the molecule is CCCN1CCC[C@H]1c1ccc(SC(C)(C)C)nc1. The highest BCUT2D eigenvalue weighted by Gasteiger charge is 2.25. The molecule has 2 rings (SSSR count). The Bertz CT molecular complexity index is 394. The molecule has 0 bridgehead atoms. The number of thioether (sulfide) groups is 1. The third kappa shape index (κ3) is 4.22. The predicted octanol–water partition coefficient (Wildman–Crippen LogP) is 4.52. The highest BCUT2D eigenvalue weighted by Crippen LogP contribution is 2.34. The lowest BCUT2D eigenvalue weighted by atomic mass is 10.1. The van der Waals surface area contributed by atoms with Crippen molar-refractivity contribution in [2.24, 2.45) is 0 Å². The Balaban J connectivity index is 2.05. The molecule has 0 unspecified atom stereocenters. The highest BCUT2D eigenvalue weighted by molar-refractivity contribution is 8.00. The molecule has 0 aliphatic carbocycles. The molecule has 0 saturated carbocycles. The summed E-state index contributed by atoms with van der Waals surface area (Å²) in [6, 6.07) is 5.06. The second-order valence-electron chi connectivity index (χ2n) is 6.34. The molecule has 0 amide bonds. The van der Waals surface area contributed by atoms with Gasteiger partial charge in [-0.05, 0) is 44.0 Å². The van der Waals surface area contributed by atoms with Crippen LogP contribution in [0.2, 0.25) is 0 Å². The van der Waals surface area contributed by atoms with Gasteiger partial charge in [-0.3, -0.25) is 4.90 Å². The molecule has 1 atom stereocenters. The number of pyridine rings is 1.